The van der Waals surface area contributed by atoms with E-state index >= 15 is 0 Å². The molecule has 0 bridgehead atoms. The number of imidazole rings is 1. The second-order valence-electron chi connectivity index (χ2n) is 3.77. The molecular formula is C13H13N3O. The highest BCUT2D eigenvalue weighted by Gasteiger charge is 2.11. The molecule has 0 aliphatic rings. The quantitative estimate of drug-likeness (QED) is 0.790. The summed E-state index contributed by atoms with van der Waals surface area (Å²) in [5.74, 6) is 1.60. The third kappa shape index (κ3) is 1.87. The van der Waals surface area contributed by atoms with E-state index in [0.717, 1.165) is 22.8 Å². The first kappa shape index (κ1) is 11.2. The highest BCUT2D eigenvalue weighted by atomic mass is 16.5. The lowest BCUT2D eigenvalue weighted by Crippen LogP contribution is -1.94. The average molecular weight is 227 g/mol. The lowest BCUT2D eigenvalue weighted by Gasteiger charge is -2.04. The summed E-state index contributed by atoms with van der Waals surface area (Å²) < 4.78 is 7.02. The largest absolute Gasteiger partial charge is 0.497 e. The Morgan fingerprint density at radius 1 is 1.29 bits per heavy atom. The van der Waals surface area contributed by atoms with Gasteiger partial charge in [-0.05, 0) is 31.2 Å². The summed E-state index contributed by atoms with van der Waals surface area (Å²) in [5, 5.41) is 8.94. The highest BCUT2D eigenvalue weighted by Crippen LogP contribution is 2.23. The second kappa shape index (κ2) is 4.30. The van der Waals surface area contributed by atoms with Crippen LogP contribution in [0.5, 0.6) is 5.75 Å². The van der Waals surface area contributed by atoms with Crippen molar-refractivity contribution in [3.8, 4) is 23.2 Å². The van der Waals surface area contributed by atoms with Crippen molar-refractivity contribution in [1.29, 1.82) is 5.26 Å². The van der Waals surface area contributed by atoms with Gasteiger partial charge in [0.1, 0.15) is 17.6 Å². The Labute approximate surface area is 100 Å². The molecule has 86 valence electrons. The standard InChI is InChI=1S/C13H13N3O/c1-9-12(8-14)15-13(16(9)2)10-4-6-11(17-3)7-5-10/h4-7H,1-3H3. The summed E-state index contributed by atoms with van der Waals surface area (Å²) in [6.45, 7) is 1.89. The minimum atomic E-state index is 0.471. The van der Waals surface area contributed by atoms with Crippen molar-refractivity contribution in [3.05, 3.63) is 35.7 Å². The number of nitriles is 1. The molecule has 0 amide bonds. The Kier molecular flexibility index (Phi) is 2.84. The van der Waals surface area contributed by atoms with Gasteiger partial charge in [0.15, 0.2) is 5.69 Å². The Hall–Kier alpha value is -2.28. The zero-order chi connectivity index (χ0) is 12.4. The normalized spacial score (nSPS) is 10.0. The topological polar surface area (TPSA) is 50.8 Å². The Morgan fingerprint density at radius 3 is 2.41 bits per heavy atom. The first-order chi connectivity index (χ1) is 8.17. The van der Waals surface area contributed by atoms with Crippen LogP contribution >= 0.6 is 0 Å². The number of hydrogen-bond donors (Lipinski definition) is 0. The van der Waals surface area contributed by atoms with E-state index < -0.39 is 0 Å². The van der Waals surface area contributed by atoms with Crippen LogP contribution in [-0.2, 0) is 7.05 Å². The molecule has 17 heavy (non-hydrogen) atoms. The summed E-state index contributed by atoms with van der Waals surface area (Å²) >= 11 is 0. The molecule has 0 saturated heterocycles. The third-order valence-electron chi connectivity index (χ3n) is 2.84. The molecule has 0 aliphatic carbocycles. The van der Waals surface area contributed by atoms with E-state index in [1.807, 2.05) is 42.8 Å². The zero-order valence-electron chi connectivity index (χ0n) is 10.1. The lowest BCUT2D eigenvalue weighted by molar-refractivity contribution is 0.415. The molecule has 4 nitrogen and oxygen atoms in total. The molecule has 0 spiro atoms. The second-order valence-corrected chi connectivity index (χ2v) is 3.77. The van der Waals surface area contributed by atoms with E-state index in [1.54, 1.807) is 7.11 Å². The average Bonchev–Trinajstić information content (AvgIpc) is 2.66. The molecule has 0 unspecified atom stereocenters. The fourth-order valence-corrected chi connectivity index (χ4v) is 1.68. The predicted molar refractivity (Wildman–Crippen MR) is 64.6 cm³/mol. The van der Waals surface area contributed by atoms with Gasteiger partial charge in [0.2, 0.25) is 0 Å². The fourth-order valence-electron chi connectivity index (χ4n) is 1.68. The summed E-state index contributed by atoms with van der Waals surface area (Å²) in [7, 11) is 3.54. The van der Waals surface area contributed by atoms with Crippen molar-refractivity contribution < 1.29 is 4.74 Å². The molecule has 1 heterocycles. The van der Waals surface area contributed by atoms with Gasteiger partial charge < -0.3 is 9.30 Å². The molecule has 0 fully saturated rings. The minimum absolute atomic E-state index is 0.471. The number of methoxy groups -OCH3 is 1. The van der Waals surface area contributed by atoms with Gasteiger partial charge in [0, 0.05) is 12.6 Å². The van der Waals surface area contributed by atoms with Crippen LogP contribution in [0.1, 0.15) is 11.4 Å². The van der Waals surface area contributed by atoms with Gasteiger partial charge >= 0.3 is 0 Å². The van der Waals surface area contributed by atoms with Gasteiger partial charge in [-0.2, -0.15) is 5.26 Å². The van der Waals surface area contributed by atoms with Crippen LogP contribution in [0.3, 0.4) is 0 Å². The SMILES string of the molecule is COc1ccc(-c2nc(C#N)c(C)n2C)cc1. The summed E-state index contributed by atoms with van der Waals surface area (Å²) in [6, 6.07) is 9.72. The molecule has 0 radical (unpaired) electrons. The number of rotatable bonds is 2. The molecule has 2 rings (SSSR count). The summed E-state index contributed by atoms with van der Waals surface area (Å²) in [5.41, 5.74) is 2.31. The molecular weight excluding hydrogens is 214 g/mol. The van der Waals surface area contributed by atoms with Crippen LogP contribution in [0.2, 0.25) is 0 Å². The van der Waals surface area contributed by atoms with E-state index in [0.29, 0.717) is 5.69 Å². The first-order valence-corrected chi connectivity index (χ1v) is 5.25. The summed E-state index contributed by atoms with van der Waals surface area (Å²) in [6.07, 6.45) is 0. The Bertz CT molecular complexity index is 576. The smallest absolute Gasteiger partial charge is 0.162 e. The van der Waals surface area contributed by atoms with Crippen molar-refractivity contribution >= 4 is 0 Å². The van der Waals surface area contributed by atoms with E-state index in [-0.39, 0.29) is 0 Å². The molecule has 0 aliphatic heterocycles. The predicted octanol–water partition coefficient (Wildman–Crippen LogP) is 2.28. The number of benzene rings is 1. The van der Waals surface area contributed by atoms with Gasteiger partial charge in [-0.3, -0.25) is 0 Å². The maximum atomic E-state index is 8.94. The maximum Gasteiger partial charge on any atom is 0.162 e. The van der Waals surface area contributed by atoms with Gasteiger partial charge in [-0.25, -0.2) is 4.98 Å². The monoisotopic (exact) mass is 227 g/mol. The Balaban J connectivity index is 2.50. The third-order valence-corrected chi connectivity index (χ3v) is 2.84. The van der Waals surface area contributed by atoms with Crippen LogP contribution in [0.25, 0.3) is 11.4 Å². The van der Waals surface area contributed by atoms with Gasteiger partial charge in [-0.1, -0.05) is 0 Å². The molecule has 4 heteroatoms. The van der Waals surface area contributed by atoms with Crippen LogP contribution < -0.4 is 4.74 Å². The Morgan fingerprint density at radius 2 is 1.94 bits per heavy atom. The van der Waals surface area contributed by atoms with Gasteiger partial charge in [0.05, 0.1) is 12.8 Å². The van der Waals surface area contributed by atoms with Crippen molar-refractivity contribution in [2.45, 2.75) is 6.92 Å². The van der Waals surface area contributed by atoms with Crippen molar-refractivity contribution in [3.63, 3.8) is 0 Å². The molecule has 0 atom stereocenters. The fraction of sp³-hybridized carbons (Fsp3) is 0.231. The number of nitrogens with zero attached hydrogens (tertiary/aromatic N) is 3. The minimum Gasteiger partial charge on any atom is -0.497 e. The van der Waals surface area contributed by atoms with Crippen molar-refractivity contribution in [2.75, 3.05) is 7.11 Å². The first-order valence-electron chi connectivity index (χ1n) is 5.25. The number of aromatic nitrogens is 2. The highest BCUT2D eigenvalue weighted by molar-refractivity contribution is 5.59. The molecule has 0 N–H and O–H groups in total. The maximum absolute atomic E-state index is 8.94. The van der Waals surface area contributed by atoms with Crippen molar-refractivity contribution in [2.24, 2.45) is 7.05 Å². The van der Waals surface area contributed by atoms with Gasteiger partial charge in [-0.15, -0.1) is 0 Å². The van der Waals surface area contributed by atoms with E-state index in [1.165, 1.54) is 0 Å². The zero-order valence-corrected chi connectivity index (χ0v) is 10.1. The molecule has 0 saturated carbocycles. The number of hydrogen-bond acceptors (Lipinski definition) is 3. The van der Waals surface area contributed by atoms with E-state index in [4.69, 9.17) is 10.00 Å². The van der Waals surface area contributed by atoms with Crippen LogP contribution in [0.15, 0.2) is 24.3 Å². The van der Waals surface area contributed by atoms with E-state index in [2.05, 4.69) is 11.1 Å². The summed E-state index contributed by atoms with van der Waals surface area (Å²) in [4.78, 5) is 4.31. The van der Waals surface area contributed by atoms with E-state index in [9.17, 15) is 0 Å². The van der Waals surface area contributed by atoms with Crippen molar-refractivity contribution in [1.82, 2.24) is 9.55 Å². The van der Waals surface area contributed by atoms with Crippen LogP contribution in [0.4, 0.5) is 0 Å². The van der Waals surface area contributed by atoms with Gasteiger partial charge in [0.25, 0.3) is 0 Å². The van der Waals surface area contributed by atoms with Crippen LogP contribution in [-0.4, -0.2) is 16.7 Å². The van der Waals surface area contributed by atoms with Crippen LogP contribution in [0, 0.1) is 18.3 Å². The lowest BCUT2D eigenvalue weighted by atomic mass is 10.2. The molecule has 2 aromatic rings. The molecule has 1 aromatic carbocycles. The molecule has 1 aromatic heterocycles. The number of ether oxygens (including phenoxy) is 1.